The van der Waals surface area contributed by atoms with Crippen LogP contribution in [0.25, 0.3) is 0 Å². The van der Waals surface area contributed by atoms with Crippen LogP contribution in [0.5, 0.6) is 0 Å². The Balaban J connectivity index is 2.44. The molecule has 0 aromatic heterocycles. The fourth-order valence-corrected chi connectivity index (χ4v) is 2.94. The van der Waals surface area contributed by atoms with Gasteiger partial charge in [-0.1, -0.05) is 32.8 Å². The first-order chi connectivity index (χ1) is 7.23. The molecular weight excluding hydrogens is 182 g/mol. The van der Waals surface area contributed by atoms with Crippen molar-refractivity contribution in [3.63, 3.8) is 0 Å². The van der Waals surface area contributed by atoms with E-state index in [9.17, 15) is 0 Å². The van der Waals surface area contributed by atoms with Gasteiger partial charge in [-0.15, -0.1) is 6.58 Å². The van der Waals surface area contributed by atoms with Crippen molar-refractivity contribution in [1.82, 2.24) is 5.32 Å². The Labute approximate surface area is 95.3 Å². The van der Waals surface area contributed by atoms with Gasteiger partial charge >= 0.3 is 0 Å². The zero-order valence-electron chi connectivity index (χ0n) is 10.5. The van der Waals surface area contributed by atoms with Crippen LogP contribution >= 0.6 is 0 Å². The molecule has 0 spiro atoms. The third-order valence-corrected chi connectivity index (χ3v) is 3.94. The highest BCUT2D eigenvalue weighted by molar-refractivity contribution is 4.91. The fraction of sp³-hybridized carbons (Fsp3) is 0.857. The first kappa shape index (κ1) is 12.8. The predicted molar refractivity (Wildman–Crippen MR) is 68.1 cm³/mol. The summed E-state index contributed by atoms with van der Waals surface area (Å²) in [4.78, 5) is 0. The molecule has 0 aliphatic heterocycles. The highest BCUT2D eigenvalue weighted by Gasteiger charge is 2.35. The van der Waals surface area contributed by atoms with E-state index in [-0.39, 0.29) is 0 Å². The van der Waals surface area contributed by atoms with Gasteiger partial charge in [0.1, 0.15) is 0 Å². The van der Waals surface area contributed by atoms with Crippen molar-refractivity contribution in [3.05, 3.63) is 12.7 Å². The van der Waals surface area contributed by atoms with Crippen LogP contribution in [0.4, 0.5) is 0 Å². The number of hydrogen-bond donors (Lipinski definition) is 1. The molecular formula is C14H27N. The van der Waals surface area contributed by atoms with Crippen LogP contribution < -0.4 is 5.32 Å². The average molecular weight is 209 g/mol. The number of allylic oxidation sites excluding steroid dienone is 1. The Morgan fingerprint density at radius 1 is 1.40 bits per heavy atom. The third-order valence-electron chi connectivity index (χ3n) is 3.94. The lowest BCUT2D eigenvalue weighted by Crippen LogP contribution is -2.42. The van der Waals surface area contributed by atoms with Crippen molar-refractivity contribution in [2.45, 2.75) is 64.8 Å². The van der Waals surface area contributed by atoms with Crippen molar-refractivity contribution >= 4 is 0 Å². The van der Waals surface area contributed by atoms with E-state index in [1.165, 1.54) is 38.5 Å². The predicted octanol–water partition coefficient (Wildman–Crippen LogP) is 3.90. The molecule has 1 N–H and O–H groups in total. The van der Waals surface area contributed by atoms with Gasteiger partial charge in [0, 0.05) is 6.04 Å². The summed E-state index contributed by atoms with van der Waals surface area (Å²) in [5, 5.41) is 3.69. The standard InChI is InChI=1S/C14H27N/c1-4-6-7-10-13(15-5-2)14(3)11-8-9-12-14/h4,13,15H,1,5-12H2,2-3H3. The van der Waals surface area contributed by atoms with Crippen molar-refractivity contribution in [2.24, 2.45) is 5.41 Å². The molecule has 0 radical (unpaired) electrons. The summed E-state index contributed by atoms with van der Waals surface area (Å²) in [7, 11) is 0. The molecule has 0 amide bonds. The van der Waals surface area contributed by atoms with Crippen LogP contribution in [0.2, 0.25) is 0 Å². The molecule has 1 fully saturated rings. The smallest absolute Gasteiger partial charge is 0.0121 e. The Bertz CT molecular complexity index is 180. The van der Waals surface area contributed by atoms with Crippen molar-refractivity contribution in [1.29, 1.82) is 0 Å². The molecule has 1 aliphatic carbocycles. The zero-order chi connectivity index (χ0) is 11.1. The maximum absolute atomic E-state index is 3.80. The van der Waals surface area contributed by atoms with Gasteiger partial charge in [-0.3, -0.25) is 0 Å². The van der Waals surface area contributed by atoms with E-state index in [2.05, 4.69) is 25.7 Å². The Morgan fingerprint density at radius 2 is 2.07 bits per heavy atom. The molecule has 1 rings (SSSR count). The van der Waals surface area contributed by atoms with E-state index >= 15 is 0 Å². The first-order valence-corrected chi connectivity index (χ1v) is 6.57. The van der Waals surface area contributed by atoms with Gasteiger partial charge in [0.25, 0.3) is 0 Å². The lowest BCUT2D eigenvalue weighted by atomic mass is 9.78. The average Bonchev–Trinajstić information content (AvgIpc) is 2.65. The SMILES string of the molecule is C=CCCCC(NCC)C1(C)CCCC1. The highest BCUT2D eigenvalue weighted by atomic mass is 14.9. The Kier molecular flexibility index (Phi) is 5.38. The monoisotopic (exact) mass is 209 g/mol. The molecule has 88 valence electrons. The summed E-state index contributed by atoms with van der Waals surface area (Å²) < 4.78 is 0. The molecule has 0 saturated heterocycles. The van der Waals surface area contributed by atoms with E-state index in [1.807, 2.05) is 6.08 Å². The second kappa shape index (κ2) is 6.32. The molecule has 15 heavy (non-hydrogen) atoms. The second-order valence-electron chi connectivity index (χ2n) is 5.19. The fourth-order valence-electron chi connectivity index (χ4n) is 2.94. The van der Waals surface area contributed by atoms with Crippen molar-refractivity contribution in [3.8, 4) is 0 Å². The minimum absolute atomic E-state index is 0.567. The van der Waals surface area contributed by atoms with Crippen LogP contribution in [0.1, 0.15) is 58.8 Å². The van der Waals surface area contributed by atoms with Crippen molar-refractivity contribution < 1.29 is 0 Å². The van der Waals surface area contributed by atoms with Crippen LogP contribution in [0.3, 0.4) is 0 Å². The Morgan fingerprint density at radius 3 is 2.60 bits per heavy atom. The van der Waals surface area contributed by atoms with E-state index in [0.29, 0.717) is 5.41 Å². The van der Waals surface area contributed by atoms with Crippen molar-refractivity contribution in [2.75, 3.05) is 6.54 Å². The molecule has 1 heteroatoms. The quantitative estimate of drug-likeness (QED) is 0.495. The molecule has 1 atom stereocenters. The van der Waals surface area contributed by atoms with Gasteiger partial charge in [-0.2, -0.15) is 0 Å². The molecule has 0 aromatic rings. The van der Waals surface area contributed by atoms with Gasteiger partial charge in [-0.05, 0) is 44.1 Å². The molecule has 1 unspecified atom stereocenters. The molecule has 0 bridgehead atoms. The maximum Gasteiger partial charge on any atom is 0.0121 e. The first-order valence-electron chi connectivity index (χ1n) is 6.57. The van der Waals surface area contributed by atoms with Crippen LogP contribution in [-0.4, -0.2) is 12.6 Å². The number of hydrogen-bond acceptors (Lipinski definition) is 1. The highest BCUT2D eigenvalue weighted by Crippen LogP contribution is 2.41. The van der Waals surface area contributed by atoms with E-state index in [1.54, 1.807) is 0 Å². The summed E-state index contributed by atoms with van der Waals surface area (Å²) in [6.45, 7) is 9.60. The third kappa shape index (κ3) is 3.64. The number of unbranched alkanes of at least 4 members (excludes halogenated alkanes) is 1. The van der Waals surface area contributed by atoms with Gasteiger partial charge in [0.15, 0.2) is 0 Å². The van der Waals surface area contributed by atoms with E-state index in [4.69, 9.17) is 0 Å². The summed E-state index contributed by atoms with van der Waals surface area (Å²) in [6, 6.07) is 0.727. The minimum atomic E-state index is 0.567. The van der Waals surface area contributed by atoms with Crippen LogP contribution in [-0.2, 0) is 0 Å². The lowest BCUT2D eigenvalue weighted by Gasteiger charge is -2.35. The number of rotatable bonds is 7. The summed E-state index contributed by atoms with van der Waals surface area (Å²) >= 11 is 0. The molecule has 1 saturated carbocycles. The lowest BCUT2D eigenvalue weighted by molar-refractivity contribution is 0.210. The summed E-state index contributed by atoms with van der Waals surface area (Å²) in [6.07, 6.45) is 11.5. The topological polar surface area (TPSA) is 12.0 Å². The van der Waals surface area contributed by atoms with E-state index in [0.717, 1.165) is 19.0 Å². The second-order valence-corrected chi connectivity index (χ2v) is 5.19. The maximum atomic E-state index is 3.80. The molecule has 1 aliphatic rings. The number of nitrogens with one attached hydrogen (secondary N) is 1. The van der Waals surface area contributed by atoms with E-state index < -0.39 is 0 Å². The molecule has 0 aromatic carbocycles. The molecule has 1 nitrogen and oxygen atoms in total. The normalized spacial score (nSPS) is 21.5. The van der Waals surface area contributed by atoms with Gasteiger partial charge in [0.05, 0.1) is 0 Å². The van der Waals surface area contributed by atoms with Gasteiger partial charge < -0.3 is 5.32 Å². The van der Waals surface area contributed by atoms with Gasteiger partial charge in [0.2, 0.25) is 0 Å². The van der Waals surface area contributed by atoms with Crippen LogP contribution in [0, 0.1) is 5.41 Å². The summed E-state index contributed by atoms with van der Waals surface area (Å²) in [5.41, 5.74) is 0.567. The largest absolute Gasteiger partial charge is 0.314 e. The molecule has 0 heterocycles. The Hall–Kier alpha value is -0.300. The summed E-state index contributed by atoms with van der Waals surface area (Å²) in [5.74, 6) is 0. The van der Waals surface area contributed by atoms with Gasteiger partial charge in [-0.25, -0.2) is 0 Å². The minimum Gasteiger partial charge on any atom is -0.314 e. The van der Waals surface area contributed by atoms with Crippen LogP contribution in [0.15, 0.2) is 12.7 Å². The zero-order valence-corrected chi connectivity index (χ0v) is 10.5.